The van der Waals surface area contributed by atoms with E-state index < -0.39 is 0 Å². The standard InChI is InChI=1S/C17H21N3O.HI/c1-12-9-10-21-16(12)11-19-17(18)20-15-8-4-6-13-5-2-3-7-14(13)15;/h4,6,8-10H,2-3,5,7,11H2,1H3,(H3,18,19,20);1H. The molecule has 5 heteroatoms. The number of halogens is 1. The van der Waals surface area contributed by atoms with Gasteiger partial charge in [0.1, 0.15) is 12.3 Å². The van der Waals surface area contributed by atoms with Gasteiger partial charge >= 0.3 is 0 Å². The predicted molar refractivity (Wildman–Crippen MR) is 101 cm³/mol. The molecule has 0 bridgehead atoms. The molecule has 2 aromatic rings. The van der Waals surface area contributed by atoms with Gasteiger partial charge in [-0.2, -0.15) is 0 Å². The summed E-state index contributed by atoms with van der Waals surface area (Å²) in [4.78, 5) is 4.36. The summed E-state index contributed by atoms with van der Waals surface area (Å²) in [6, 6.07) is 8.29. The van der Waals surface area contributed by atoms with Gasteiger partial charge in [-0.15, -0.1) is 24.0 Å². The molecule has 1 aromatic heterocycles. The molecule has 0 unspecified atom stereocenters. The van der Waals surface area contributed by atoms with Crippen LogP contribution < -0.4 is 11.1 Å². The number of guanidine groups is 1. The van der Waals surface area contributed by atoms with E-state index >= 15 is 0 Å². The Bertz CT molecular complexity index is 664. The Morgan fingerprint density at radius 1 is 1.27 bits per heavy atom. The monoisotopic (exact) mass is 411 g/mol. The van der Waals surface area contributed by atoms with Gasteiger partial charge in [-0.25, -0.2) is 4.99 Å². The van der Waals surface area contributed by atoms with Crippen molar-refractivity contribution in [1.82, 2.24) is 0 Å². The summed E-state index contributed by atoms with van der Waals surface area (Å²) in [6.45, 7) is 2.47. The number of benzene rings is 1. The van der Waals surface area contributed by atoms with E-state index in [0.717, 1.165) is 29.9 Å². The summed E-state index contributed by atoms with van der Waals surface area (Å²) >= 11 is 0. The third-order valence-corrected chi connectivity index (χ3v) is 4.02. The number of hydrogen-bond donors (Lipinski definition) is 2. The predicted octanol–water partition coefficient (Wildman–Crippen LogP) is 4.01. The molecule has 1 aliphatic rings. The summed E-state index contributed by atoms with van der Waals surface area (Å²) < 4.78 is 5.37. The molecule has 3 N–H and O–H groups in total. The molecule has 0 amide bonds. The molecule has 4 nitrogen and oxygen atoms in total. The molecular formula is C17H22IN3O. The Morgan fingerprint density at radius 2 is 2.09 bits per heavy atom. The van der Waals surface area contributed by atoms with Crippen molar-refractivity contribution in [3.8, 4) is 0 Å². The van der Waals surface area contributed by atoms with Crippen LogP contribution in [0.4, 0.5) is 5.69 Å². The third kappa shape index (κ3) is 3.82. The van der Waals surface area contributed by atoms with E-state index in [4.69, 9.17) is 10.2 Å². The summed E-state index contributed by atoms with van der Waals surface area (Å²) in [5.41, 5.74) is 11.0. The largest absolute Gasteiger partial charge is 0.467 e. The van der Waals surface area contributed by atoms with Crippen LogP contribution in [0.1, 0.15) is 35.3 Å². The van der Waals surface area contributed by atoms with Gasteiger partial charge in [0.15, 0.2) is 5.96 Å². The van der Waals surface area contributed by atoms with Gasteiger partial charge in [0.2, 0.25) is 0 Å². The Kier molecular flexibility index (Phi) is 5.88. The van der Waals surface area contributed by atoms with Gasteiger partial charge in [-0.3, -0.25) is 0 Å². The normalized spacial score (nSPS) is 14.1. The van der Waals surface area contributed by atoms with E-state index in [1.54, 1.807) is 6.26 Å². The minimum atomic E-state index is 0. The van der Waals surface area contributed by atoms with Crippen molar-refractivity contribution in [3.63, 3.8) is 0 Å². The Hall–Kier alpha value is -1.50. The molecule has 0 spiro atoms. The van der Waals surface area contributed by atoms with Crippen molar-refractivity contribution >= 4 is 35.6 Å². The molecule has 0 saturated carbocycles. The quantitative estimate of drug-likeness (QED) is 0.456. The lowest BCUT2D eigenvalue weighted by Crippen LogP contribution is -2.24. The highest BCUT2D eigenvalue weighted by atomic mass is 127. The molecule has 0 saturated heterocycles. The molecule has 1 heterocycles. The van der Waals surface area contributed by atoms with Crippen LogP contribution in [0.25, 0.3) is 0 Å². The molecule has 1 aromatic carbocycles. The van der Waals surface area contributed by atoms with Crippen molar-refractivity contribution in [3.05, 3.63) is 53.0 Å². The summed E-state index contributed by atoms with van der Waals surface area (Å²) in [6.07, 6.45) is 6.47. The molecule has 22 heavy (non-hydrogen) atoms. The SMILES string of the molecule is Cc1ccoc1CN=C(N)Nc1cccc2c1CCCC2.I. The topological polar surface area (TPSA) is 63.5 Å². The Balaban J connectivity index is 0.00000176. The lowest BCUT2D eigenvalue weighted by Gasteiger charge is -2.19. The average molecular weight is 411 g/mol. The number of anilines is 1. The first-order valence-corrected chi connectivity index (χ1v) is 7.45. The first-order valence-electron chi connectivity index (χ1n) is 7.45. The second-order valence-electron chi connectivity index (χ2n) is 5.50. The van der Waals surface area contributed by atoms with Crippen molar-refractivity contribution in [2.24, 2.45) is 10.7 Å². The van der Waals surface area contributed by atoms with Crippen LogP contribution in [-0.4, -0.2) is 5.96 Å². The highest BCUT2D eigenvalue weighted by Gasteiger charge is 2.13. The minimum Gasteiger partial charge on any atom is -0.467 e. The highest BCUT2D eigenvalue weighted by molar-refractivity contribution is 14.0. The van der Waals surface area contributed by atoms with Crippen LogP contribution in [-0.2, 0) is 19.4 Å². The highest BCUT2D eigenvalue weighted by Crippen LogP contribution is 2.27. The maximum atomic E-state index is 6.00. The van der Waals surface area contributed by atoms with Crippen LogP contribution in [0.3, 0.4) is 0 Å². The maximum Gasteiger partial charge on any atom is 0.193 e. The summed E-state index contributed by atoms with van der Waals surface area (Å²) in [5.74, 6) is 1.29. The van der Waals surface area contributed by atoms with Gasteiger partial charge in [0.05, 0.1) is 6.26 Å². The number of nitrogens with two attached hydrogens (primary N) is 1. The van der Waals surface area contributed by atoms with Gasteiger partial charge < -0.3 is 15.5 Å². The molecule has 0 radical (unpaired) electrons. The zero-order valence-corrected chi connectivity index (χ0v) is 15.1. The lowest BCUT2D eigenvalue weighted by atomic mass is 9.90. The summed E-state index contributed by atoms with van der Waals surface area (Å²) in [5, 5.41) is 3.24. The second-order valence-corrected chi connectivity index (χ2v) is 5.50. The smallest absolute Gasteiger partial charge is 0.193 e. The molecule has 3 rings (SSSR count). The molecule has 118 valence electrons. The molecule has 1 aliphatic carbocycles. The van der Waals surface area contributed by atoms with Crippen molar-refractivity contribution < 1.29 is 4.42 Å². The van der Waals surface area contributed by atoms with Crippen LogP contribution in [0.15, 0.2) is 39.9 Å². The maximum absolute atomic E-state index is 6.00. The number of nitrogens with one attached hydrogen (secondary N) is 1. The Labute approximate surface area is 148 Å². The van der Waals surface area contributed by atoms with Gasteiger partial charge in [0.25, 0.3) is 0 Å². The number of furan rings is 1. The average Bonchev–Trinajstić information content (AvgIpc) is 2.91. The number of rotatable bonds is 3. The molecular weight excluding hydrogens is 389 g/mol. The molecule has 0 fully saturated rings. The number of aliphatic imine (C=N–C) groups is 1. The number of nitrogens with zero attached hydrogens (tertiary/aromatic N) is 1. The van der Waals surface area contributed by atoms with Gasteiger partial charge in [-0.05, 0) is 61.4 Å². The van der Waals surface area contributed by atoms with Crippen molar-refractivity contribution in [2.45, 2.75) is 39.2 Å². The van der Waals surface area contributed by atoms with E-state index in [9.17, 15) is 0 Å². The molecule has 0 aliphatic heterocycles. The fourth-order valence-electron chi connectivity index (χ4n) is 2.80. The fraction of sp³-hybridized carbons (Fsp3) is 0.353. The zero-order chi connectivity index (χ0) is 14.7. The number of aryl methyl sites for hydroxylation is 2. The fourth-order valence-corrected chi connectivity index (χ4v) is 2.80. The van der Waals surface area contributed by atoms with Crippen LogP contribution in [0.5, 0.6) is 0 Å². The second kappa shape index (κ2) is 7.67. The van der Waals surface area contributed by atoms with Crippen LogP contribution in [0, 0.1) is 6.92 Å². The Morgan fingerprint density at radius 3 is 2.86 bits per heavy atom. The zero-order valence-electron chi connectivity index (χ0n) is 12.8. The molecule has 0 atom stereocenters. The lowest BCUT2D eigenvalue weighted by molar-refractivity contribution is 0.510. The van der Waals surface area contributed by atoms with Crippen LogP contribution in [0.2, 0.25) is 0 Å². The summed E-state index contributed by atoms with van der Waals surface area (Å²) in [7, 11) is 0. The number of hydrogen-bond acceptors (Lipinski definition) is 2. The van der Waals surface area contributed by atoms with E-state index in [2.05, 4.69) is 28.5 Å². The van der Waals surface area contributed by atoms with Crippen LogP contribution >= 0.6 is 24.0 Å². The van der Waals surface area contributed by atoms with E-state index in [1.165, 1.54) is 24.0 Å². The van der Waals surface area contributed by atoms with E-state index in [1.807, 2.05) is 13.0 Å². The van der Waals surface area contributed by atoms with Gasteiger partial charge in [-0.1, -0.05) is 12.1 Å². The first-order chi connectivity index (χ1) is 10.2. The van der Waals surface area contributed by atoms with Gasteiger partial charge in [0, 0.05) is 5.69 Å². The van der Waals surface area contributed by atoms with Crippen molar-refractivity contribution in [2.75, 3.05) is 5.32 Å². The first kappa shape index (κ1) is 16.9. The minimum absolute atomic E-state index is 0. The third-order valence-electron chi connectivity index (χ3n) is 4.02. The van der Waals surface area contributed by atoms with Crippen molar-refractivity contribution in [1.29, 1.82) is 0 Å². The number of fused-ring (bicyclic) bond motifs is 1. The van der Waals surface area contributed by atoms with E-state index in [-0.39, 0.29) is 24.0 Å². The van der Waals surface area contributed by atoms with E-state index in [0.29, 0.717) is 12.5 Å².